The van der Waals surface area contributed by atoms with Gasteiger partial charge in [-0.1, -0.05) is 30.9 Å². The van der Waals surface area contributed by atoms with Gasteiger partial charge in [-0.3, -0.25) is 4.79 Å². The van der Waals surface area contributed by atoms with E-state index in [1.54, 1.807) is 31.4 Å². The van der Waals surface area contributed by atoms with Crippen LogP contribution in [0.4, 0.5) is 0 Å². The third kappa shape index (κ3) is 4.61. The Morgan fingerprint density at radius 2 is 1.96 bits per heavy atom. The lowest BCUT2D eigenvalue weighted by Gasteiger charge is -2.15. The lowest BCUT2D eigenvalue weighted by molar-refractivity contribution is 0.0939. The Balaban J connectivity index is 2.03. The van der Waals surface area contributed by atoms with Crippen LogP contribution in [0.3, 0.4) is 0 Å². The van der Waals surface area contributed by atoms with Crippen LogP contribution in [-0.4, -0.2) is 19.6 Å². The van der Waals surface area contributed by atoms with E-state index < -0.39 is 0 Å². The molecule has 0 saturated heterocycles. The summed E-state index contributed by atoms with van der Waals surface area (Å²) in [7, 11) is 1.63. The van der Waals surface area contributed by atoms with E-state index in [0.29, 0.717) is 17.9 Å². The maximum atomic E-state index is 12.4. The van der Waals surface area contributed by atoms with E-state index >= 15 is 0 Å². The van der Waals surface area contributed by atoms with Crippen molar-refractivity contribution >= 4 is 5.91 Å². The Morgan fingerprint density at radius 1 is 1.22 bits per heavy atom. The summed E-state index contributed by atoms with van der Waals surface area (Å²) in [4.78, 5) is 12.4. The molecule has 2 rings (SSSR count). The van der Waals surface area contributed by atoms with E-state index in [2.05, 4.69) is 11.9 Å². The number of hydrogen-bond donors (Lipinski definition) is 1. The van der Waals surface area contributed by atoms with Crippen molar-refractivity contribution in [1.82, 2.24) is 5.32 Å². The molecule has 2 aromatic carbocycles. The molecule has 4 nitrogen and oxygen atoms in total. The van der Waals surface area contributed by atoms with Crippen molar-refractivity contribution < 1.29 is 14.3 Å². The first-order chi connectivity index (χ1) is 11.1. The van der Waals surface area contributed by atoms with Gasteiger partial charge < -0.3 is 14.8 Å². The van der Waals surface area contributed by atoms with Crippen LogP contribution in [0.15, 0.2) is 61.2 Å². The van der Waals surface area contributed by atoms with Gasteiger partial charge in [0.25, 0.3) is 5.91 Å². The number of methoxy groups -OCH3 is 1. The fraction of sp³-hybridized carbons (Fsp3) is 0.211. The molecule has 1 amide bonds. The summed E-state index contributed by atoms with van der Waals surface area (Å²) in [6, 6.07) is 14.6. The largest absolute Gasteiger partial charge is 0.497 e. The van der Waals surface area contributed by atoms with E-state index in [4.69, 9.17) is 9.47 Å². The summed E-state index contributed by atoms with van der Waals surface area (Å²) < 4.78 is 10.6. The fourth-order valence-corrected chi connectivity index (χ4v) is 2.14. The third-order valence-electron chi connectivity index (χ3n) is 3.43. The highest BCUT2D eigenvalue weighted by Gasteiger charge is 2.12. The highest BCUT2D eigenvalue weighted by molar-refractivity contribution is 5.94. The van der Waals surface area contributed by atoms with Gasteiger partial charge in [-0.15, -0.1) is 0 Å². The lowest BCUT2D eigenvalue weighted by Crippen LogP contribution is -2.26. The monoisotopic (exact) mass is 311 g/mol. The minimum atomic E-state index is -0.141. The molecule has 0 saturated carbocycles. The zero-order valence-corrected chi connectivity index (χ0v) is 13.4. The summed E-state index contributed by atoms with van der Waals surface area (Å²) in [6.45, 7) is 5.96. The van der Waals surface area contributed by atoms with Gasteiger partial charge in [0, 0.05) is 5.56 Å². The molecule has 0 heterocycles. The molecule has 0 aliphatic rings. The third-order valence-corrected chi connectivity index (χ3v) is 3.43. The van der Waals surface area contributed by atoms with Crippen molar-refractivity contribution in [3.8, 4) is 11.5 Å². The van der Waals surface area contributed by atoms with E-state index in [1.165, 1.54) is 0 Å². The molecule has 0 bridgehead atoms. The normalized spacial score (nSPS) is 11.4. The molecular weight excluding hydrogens is 290 g/mol. The summed E-state index contributed by atoms with van der Waals surface area (Å²) in [5.41, 5.74) is 1.57. The van der Waals surface area contributed by atoms with E-state index in [0.717, 1.165) is 11.3 Å². The van der Waals surface area contributed by atoms with Crippen molar-refractivity contribution in [2.45, 2.75) is 13.0 Å². The predicted octanol–water partition coefficient (Wildman–Crippen LogP) is 3.75. The highest BCUT2D eigenvalue weighted by atomic mass is 16.5. The second-order valence-electron chi connectivity index (χ2n) is 5.10. The smallest absolute Gasteiger partial charge is 0.251 e. The zero-order valence-electron chi connectivity index (χ0n) is 13.4. The van der Waals surface area contributed by atoms with Gasteiger partial charge in [0.05, 0.1) is 13.2 Å². The fourth-order valence-electron chi connectivity index (χ4n) is 2.14. The molecule has 2 aromatic rings. The van der Waals surface area contributed by atoms with Crippen LogP contribution in [0.5, 0.6) is 11.5 Å². The maximum Gasteiger partial charge on any atom is 0.251 e. The Bertz CT molecular complexity index is 665. The number of hydrogen-bond acceptors (Lipinski definition) is 3. The number of amides is 1. The van der Waals surface area contributed by atoms with Crippen LogP contribution < -0.4 is 14.8 Å². The molecule has 0 spiro atoms. The standard InChI is InChI=1S/C19H21NO3/c1-4-12-23-18-7-5-6-16(13-18)19(21)20-14(2)15-8-10-17(22-3)11-9-15/h4-11,13-14H,1,12H2,2-3H3,(H,20,21)/t14-/m0/s1. The SMILES string of the molecule is C=CCOc1cccc(C(=O)N[C@@H](C)c2ccc(OC)cc2)c1. The van der Waals surface area contributed by atoms with Crippen molar-refractivity contribution in [2.24, 2.45) is 0 Å². The Labute approximate surface area is 136 Å². The Kier molecular flexibility index (Phi) is 5.80. The van der Waals surface area contributed by atoms with Crippen LogP contribution in [-0.2, 0) is 0 Å². The summed E-state index contributed by atoms with van der Waals surface area (Å²) in [5.74, 6) is 1.30. The van der Waals surface area contributed by atoms with Crippen molar-refractivity contribution in [1.29, 1.82) is 0 Å². The molecule has 1 N–H and O–H groups in total. The average molecular weight is 311 g/mol. The number of ether oxygens (including phenoxy) is 2. The van der Waals surface area contributed by atoms with Gasteiger partial charge in [0.15, 0.2) is 0 Å². The first-order valence-corrected chi connectivity index (χ1v) is 7.42. The van der Waals surface area contributed by atoms with Gasteiger partial charge in [-0.05, 0) is 42.8 Å². The number of nitrogens with one attached hydrogen (secondary N) is 1. The molecule has 0 fully saturated rings. The molecule has 0 aliphatic heterocycles. The van der Waals surface area contributed by atoms with Crippen molar-refractivity contribution in [3.05, 3.63) is 72.3 Å². The number of carbonyl (C=O) groups is 1. The molecule has 0 aromatic heterocycles. The zero-order chi connectivity index (χ0) is 16.7. The lowest BCUT2D eigenvalue weighted by atomic mass is 10.1. The predicted molar refractivity (Wildman–Crippen MR) is 91.0 cm³/mol. The number of rotatable bonds is 7. The number of carbonyl (C=O) groups excluding carboxylic acids is 1. The topological polar surface area (TPSA) is 47.6 Å². The highest BCUT2D eigenvalue weighted by Crippen LogP contribution is 2.19. The number of benzene rings is 2. The second kappa shape index (κ2) is 8.03. The molecule has 0 aliphatic carbocycles. The van der Waals surface area contributed by atoms with Gasteiger partial charge in [-0.25, -0.2) is 0 Å². The van der Waals surface area contributed by atoms with Crippen LogP contribution >= 0.6 is 0 Å². The van der Waals surface area contributed by atoms with Crippen LogP contribution in [0, 0.1) is 0 Å². The van der Waals surface area contributed by atoms with E-state index in [9.17, 15) is 4.79 Å². The van der Waals surface area contributed by atoms with Crippen molar-refractivity contribution in [2.75, 3.05) is 13.7 Å². The first kappa shape index (κ1) is 16.6. The molecule has 1 atom stereocenters. The minimum absolute atomic E-state index is 0.105. The molecule has 4 heteroatoms. The van der Waals surface area contributed by atoms with Crippen LogP contribution in [0.1, 0.15) is 28.9 Å². The van der Waals surface area contributed by atoms with Gasteiger partial charge >= 0.3 is 0 Å². The quantitative estimate of drug-likeness (QED) is 0.792. The molecule has 120 valence electrons. The molecule has 0 unspecified atom stereocenters. The van der Waals surface area contributed by atoms with Crippen LogP contribution in [0.25, 0.3) is 0 Å². The molecule has 0 radical (unpaired) electrons. The van der Waals surface area contributed by atoms with Crippen LogP contribution in [0.2, 0.25) is 0 Å². The molecule has 23 heavy (non-hydrogen) atoms. The van der Waals surface area contributed by atoms with Gasteiger partial charge in [0.1, 0.15) is 18.1 Å². The summed E-state index contributed by atoms with van der Waals surface area (Å²) in [5, 5.41) is 2.98. The van der Waals surface area contributed by atoms with E-state index in [1.807, 2.05) is 37.3 Å². The minimum Gasteiger partial charge on any atom is -0.497 e. The second-order valence-corrected chi connectivity index (χ2v) is 5.10. The first-order valence-electron chi connectivity index (χ1n) is 7.42. The summed E-state index contributed by atoms with van der Waals surface area (Å²) in [6.07, 6.45) is 1.67. The summed E-state index contributed by atoms with van der Waals surface area (Å²) >= 11 is 0. The van der Waals surface area contributed by atoms with Crippen molar-refractivity contribution in [3.63, 3.8) is 0 Å². The van der Waals surface area contributed by atoms with Gasteiger partial charge in [0.2, 0.25) is 0 Å². The Hall–Kier alpha value is -2.75. The van der Waals surface area contributed by atoms with E-state index in [-0.39, 0.29) is 11.9 Å². The maximum absolute atomic E-state index is 12.4. The Morgan fingerprint density at radius 3 is 2.61 bits per heavy atom. The van der Waals surface area contributed by atoms with Gasteiger partial charge in [-0.2, -0.15) is 0 Å². The average Bonchev–Trinajstić information content (AvgIpc) is 2.60. The molecular formula is C19H21NO3.